The van der Waals surface area contributed by atoms with Crippen molar-refractivity contribution in [2.75, 3.05) is 24.0 Å². The molecule has 0 N–H and O–H groups in total. The van der Waals surface area contributed by atoms with Crippen molar-refractivity contribution in [2.45, 2.75) is 18.5 Å². The Hall–Kier alpha value is -3.26. The van der Waals surface area contributed by atoms with Crippen LogP contribution in [0.5, 0.6) is 11.5 Å². The Balaban J connectivity index is 1.35. The molecule has 0 spiro atoms. The number of aryl methyl sites for hydroxylation is 1. The van der Waals surface area contributed by atoms with Crippen molar-refractivity contribution in [2.24, 2.45) is 0 Å². The molecule has 0 fully saturated rings. The largest absolute Gasteiger partial charge is 0.454 e. The Labute approximate surface area is 176 Å². The summed E-state index contributed by atoms with van der Waals surface area (Å²) in [5.41, 5.74) is 4.97. The average Bonchev–Trinajstić information content (AvgIpc) is 3.48. The third kappa shape index (κ3) is 2.64. The van der Waals surface area contributed by atoms with E-state index in [0.29, 0.717) is 16.7 Å². The lowest BCUT2D eigenvalue weighted by Gasteiger charge is -2.16. The zero-order chi connectivity index (χ0) is 20.2. The molecule has 0 aliphatic carbocycles. The van der Waals surface area contributed by atoms with E-state index in [2.05, 4.69) is 22.3 Å². The molecule has 0 bridgehead atoms. The van der Waals surface area contributed by atoms with Crippen LogP contribution in [0.2, 0.25) is 0 Å². The number of para-hydroxylation sites is 1. The van der Waals surface area contributed by atoms with E-state index >= 15 is 0 Å². The van der Waals surface area contributed by atoms with Crippen molar-refractivity contribution in [1.82, 2.24) is 14.6 Å². The SMILES string of the molecule is Cc1cc2cc3c(cc2n2c(SCC(=O)N4CCc5ccccc54)nnc12)OCO3. The van der Waals surface area contributed by atoms with Crippen molar-refractivity contribution in [3.8, 4) is 11.5 Å². The van der Waals surface area contributed by atoms with E-state index in [4.69, 9.17) is 9.47 Å². The van der Waals surface area contributed by atoms with Crippen molar-refractivity contribution in [3.63, 3.8) is 0 Å². The molecule has 4 aromatic rings. The van der Waals surface area contributed by atoms with Crippen LogP contribution >= 0.6 is 11.8 Å². The van der Waals surface area contributed by atoms with Gasteiger partial charge in [-0.2, -0.15) is 0 Å². The van der Waals surface area contributed by atoms with E-state index in [1.807, 2.05) is 46.6 Å². The van der Waals surface area contributed by atoms with Gasteiger partial charge < -0.3 is 14.4 Å². The molecule has 0 unspecified atom stereocenters. The van der Waals surface area contributed by atoms with Gasteiger partial charge in [-0.3, -0.25) is 9.20 Å². The first-order valence-corrected chi connectivity index (χ1v) is 10.8. The van der Waals surface area contributed by atoms with Crippen LogP contribution in [0.25, 0.3) is 16.6 Å². The lowest BCUT2D eigenvalue weighted by Crippen LogP contribution is -2.30. The molecule has 7 nitrogen and oxygen atoms in total. The Morgan fingerprint density at radius 3 is 2.87 bits per heavy atom. The first-order chi connectivity index (χ1) is 14.7. The maximum Gasteiger partial charge on any atom is 0.237 e. The zero-order valence-corrected chi connectivity index (χ0v) is 17.1. The van der Waals surface area contributed by atoms with Gasteiger partial charge in [-0.1, -0.05) is 30.0 Å². The second-order valence-corrected chi connectivity index (χ2v) is 8.39. The fourth-order valence-electron chi connectivity index (χ4n) is 4.19. The second-order valence-electron chi connectivity index (χ2n) is 7.45. The topological polar surface area (TPSA) is 69.0 Å². The highest BCUT2D eigenvalue weighted by molar-refractivity contribution is 7.99. The van der Waals surface area contributed by atoms with Crippen LogP contribution in [0.3, 0.4) is 0 Å². The normalized spacial score (nSPS) is 14.6. The van der Waals surface area contributed by atoms with Crippen molar-refractivity contribution >= 4 is 39.9 Å². The van der Waals surface area contributed by atoms with Gasteiger partial charge in [0.1, 0.15) is 0 Å². The Bertz CT molecular complexity index is 1330. The Kier molecular flexibility index (Phi) is 3.89. The standard InChI is InChI=1S/C22H18N4O3S/c1-13-8-15-9-18-19(29-12-28-18)10-17(15)26-21(13)23-24-22(26)30-11-20(27)25-7-6-14-4-2-3-5-16(14)25/h2-5,8-10H,6-7,11-12H2,1H3. The predicted molar refractivity (Wildman–Crippen MR) is 115 cm³/mol. The van der Waals surface area contributed by atoms with Crippen molar-refractivity contribution < 1.29 is 14.3 Å². The van der Waals surface area contributed by atoms with Crippen molar-refractivity contribution in [1.29, 1.82) is 0 Å². The summed E-state index contributed by atoms with van der Waals surface area (Å²) in [6, 6.07) is 14.1. The molecular formula is C22H18N4O3S. The highest BCUT2D eigenvalue weighted by Gasteiger charge is 2.25. The molecule has 0 saturated heterocycles. The monoisotopic (exact) mass is 418 g/mol. The van der Waals surface area contributed by atoms with Gasteiger partial charge in [0, 0.05) is 23.7 Å². The van der Waals surface area contributed by atoms with Crippen LogP contribution < -0.4 is 14.4 Å². The quantitative estimate of drug-likeness (QED) is 0.474. The molecule has 8 heteroatoms. The molecule has 30 heavy (non-hydrogen) atoms. The summed E-state index contributed by atoms with van der Waals surface area (Å²) in [7, 11) is 0. The summed E-state index contributed by atoms with van der Waals surface area (Å²) in [6.45, 7) is 2.96. The highest BCUT2D eigenvalue weighted by atomic mass is 32.2. The summed E-state index contributed by atoms with van der Waals surface area (Å²) < 4.78 is 13.1. The smallest absolute Gasteiger partial charge is 0.237 e. The number of carbonyl (C=O) groups excluding carboxylic acids is 1. The zero-order valence-electron chi connectivity index (χ0n) is 16.3. The summed E-state index contributed by atoms with van der Waals surface area (Å²) >= 11 is 1.41. The number of benzene rings is 2. The molecule has 0 atom stereocenters. The highest BCUT2D eigenvalue weighted by Crippen LogP contribution is 2.38. The van der Waals surface area contributed by atoms with Crippen LogP contribution in [-0.4, -0.2) is 39.6 Å². The third-order valence-corrected chi connectivity index (χ3v) is 6.55. The fourth-order valence-corrected chi connectivity index (χ4v) is 5.01. The molecule has 2 aromatic carbocycles. The van der Waals surface area contributed by atoms with E-state index in [1.54, 1.807) is 0 Å². The number of ether oxygens (including phenoxy) is 2. The van der Waals surface area contributed by atoms with Gasteiger partial charge in [-0.05, 0) is 42.7 Å². The first kappa shape index (κ1) is 17.6. The minimum Gasteiger partial charge on any atom is -0.454 e. The molecule has 150 valence electrons. The summed E-state index contributed by atoms with van der Waals surface area (Å²) in [5.74, 6) is 1.83. The first-order valence-electron chi connectivity index (χ1n) is 9.78. The third-order valence-electron chi connectivity index (χ3n) is 5.63. The maximum atomic E-state index is 12.9. The lowest BCUT2D eigenvalue weighted by atomic mass is 10.1. The summed E-state index contributed by atoms with van der Waals surface area (Å²) in [6.07, 6.45) is 0.900. The van der Waals surface area contributed by atoms with E-state index < -0.39 is 0 Å². The minimum absolute atomic E-state index is 0.0799. The van der Waals surface area contributed by atoms with E-state index in [9.17, 15) is 4.79 Å². The second kappa shape index (κ2) is 6.63. The lowest BCUT2D eigenvalue weighted by molar-refractivity contribution is -0.116. The number of fused-ring (bicyclic) bond motifs is 5. The number of pyridine rings is 1. The van der Waals surface area contributed by atoms with Crippen molar-refractivity contribution in [3.05, 3.63) is 53.6 Å². The Morgan fingerprint density at radius 2 is 1.97 bits per heavy atom. The van der Waals surface area contributed by atoms with E-state index in [-0.39, 0.29) is 12.7 Å². The molecule has 0 radical (unpaired) electrons. The minimum atomic E-state index is 0.0799. The molecular weight excluding hydrogens is 400 g/mol. The number of aromatic nitrogens is 3. The van der Waals surface area contributed by atoms with Gasteiger partial charge in [-0.25, -0.2) is 0 Å². The molecule has 2 aliphatic rings. The number of hydrogen-bond donors (Lipinski definition) is 0. The summed E-state index contributed by atoms with van der Waals surface area (Å²) in [4.78, 5) is 14.8. The van der Waals surface area contributed by atoms with Gasteiger partial charge in [0.15, 0.2) is 22.3 Å². The number of carbonyl (C=O) groups is 1. The van der Waals surface area contributed by atoms with Crippen LogP contribution in [0.1, 0.15) is 11.1 Å². The number of thioether (sulfide) groups is 1. The number of nitrogens with zero attached hydrogens (tertiary/aromatic N) is 4. The molecule has 0 saturated carbocycles. The van der Waals surface area contributed by atoms with E-state index in [0.717, 1.165) is 46.5 Å². The average molecular weight is 418 g/mol. The summed E-state index contributed by atoms with van der Waals surface area (Å²) in [5, 5.41) is 10.5. The maximum absolute atomic E-state index is 12.9. The number of anilines is 1. The number of amides is 1. The van der Waals surface area contributed by atoms with Gasteiger partial charge in [0.25, 0.3) is 0 Å². The molecule has 4 heterocycles. The van der Waals surface area contributed by atoms with Crippen LogP contribution in [0.4, 0.5) is 5.69 Å². The van der Waals surface area contributed by atoms with Gasteiger partial charge in [0.05, 0.1) is 11.3 Å². The van der Waals surface area contributed by atoms with Gasteiger partial charge in [0.2, 0.25) is 12.7 Å². The predicted octanol–water partition coefficient (Wildman–Crippen LogP) is 3.60. The molecule has 6 rings (SSSR count). The van der Waals surface area contributed by atoms with Gasteiger partial charge in [-0.15, -0.1) is 10.2 Å². The Morgan fingerprint density at radius 1 is 1.13 bits per heavy atom. The number of rotatable bonds is 3. The van der Waals surface area contributed by atoms with Crippen LogP contribution in [0, 0.1) is 6.92 Å². The van der Waals surface area contributed by atoms with Gasteiger partial charge >= 0.3 is 0 Å². The van der Waals surface area contributed by atoms with Crippen LogP contribution in [-0.2, 0) is 11.2 Å². The van der Waals surface area contributed by atoms with E-state index in [1.165, 1.54) is 17.3 Å². The molecule has 2 aromatic heterocycles. The number of hydrogen-bond acceptors (Lipinski definition) is 6. The fraction of sp³-hybridized carbons (Fsp3) is 0.227. The van der Waals surface area contributed by atoms with Crippen LogP contribution in [0.15, 0.2) is 47.6 Å². The molecule has 1 amide bonds. The molecule has 2 aliphatic heterocycles.